The normalized spacial score (nSPS) is 11.1. The Morgan fingerprint density at radius 1 is 1.47 bits per heavy atom. The molecule has 0 bridgehead atoms. The fourth-order valence-electron chi connectivity index (χ4n) is 1.80. The van der Waals surface area contributed by atoms with Crippen molar-refractivity contribution in [3.8, 4) is 11.6 Å². The predicted molar refractivity (Wildman–Crippen MR) is 76.9 cm³/mol. The van der Waals surface area contributed by atoms with Crippen molar-refractivity contribution in [2.24, 2.45) is 0 Å². The van der Waals surface area contributed by atoms with Crippen LogP contribution in [0.3, 0.4) is 0 Å². The number of rotatable bonds is 3. The Balaban J connectivity index is 2.05. The molecule has 3 nitrogen and oxygen atoms in total. The molecule has 19 heavy (non-hydrogen) atoms. The Labute approximate surface area is 121 Å². The van der Waals surface area contributed by atoms with Gasteiger partial charge < -0.3 is 4.74 Å². The van der Waals surface area contributed by atoms with Gasteiger partial charge >= 0.3 is 0 Å². The van der Waals surface area contributed by atoms with E-state index >= 15 is 0 Å². The van der Waals surface area contributed by atoms with Gasteiger partial charge in [0.1, 0.15) is 11.6 Å². The van der Waals surface area contributed by atoms with Crippen LogP contribution in [0.25, 0.3) is 4.96 Å². The largest absolute Gasteiger partial charge is 0.437 e. The van der Waals surface area contributed by atoms with Crippen molar-refractivity contribution in [2.75, 3.05) is 0 Å². The lowest BCUT2D eigenvalue weighted by Gasteiger charge is -2.07. The molecular formula is C13H10BrFN2OS. The fourth-order valence-corrected chi connectivity index (χ4v) is 3.04. The van der Waals surface area contributed by atoms with Gasteiger partial charge in [-0.1, -0.05) is 22.0 Å². The highest BCUT2D eigenvalue weighted by atomic mass is 79.9. The lowest BCUT2D eigenvalue weighted by atomic mass is 10.2. The zero-order chi connectivity index (χ0) is 13.4. The van der Waals surface area contributed by atoms with Gasteiger partial charge in [-0.2, -0.15) is 4.98 Å². The van der Waals surface area contributed by atoms with E-state index in [4.69, 9.17) is 4.74 Å². The van der Waals surface area contributed by atoms with Crippen LogP contribution in [0, 0.1) is 12.7 Å². The molecule has 0 atom stereocenters. The third-order valence-corrected chi connectivity index (χ3v) is 4.10. The number of benzene rings is 1. The van der Waals surface area contributed by atoms with Gasteiger partial charge in [-0.05, 0) is 18.6 Å². The molecule has 0 unspecified atom stereocenters. The molecule has 0 spiro atoms. The maximum absolute atomic E-state index is 13.3. The molecule has 1 aromatic carbocycles. The summed E-state index contributed by atoms with van der Waals surface area (Å²) in [5.41, 5.74) is 1.79. The van der Waals surface area contributed by atoms with Crippen molar-refractivity contribution in [2.45, 2.75) is 12.3 Å². The minimum atomic E-state index is -0.318. The van der Waals surface area contributed by atoms with Gasteiger partial charge in [0, 0.05) is 23.0 Å². The number of aromatic nitrogens is 2. The van der Waals surface area contributed by atoms with Crippen LogP contribution in [0.1, 0.15) is 11.3 Å². The quantitative estimate of drug-likeness (QED) is 0.655. The number of fused-ring (bicyclic) bond motifs is 1. The predicted octanol–water partition coefficient (Wildman–Crippen LogP) is 4.53. The van der Waals surface area contributed by atoms with Gasteiger partial charge in [0.25, 0.3) is 0 Å². The first-order valence-corrected chi connectivity index (χ1v) is 7.63. The average Bonchev–Trinajstić information content (AvgIpc) is 2.94. The molecule has 98 valence electrons. The fraction of sp³-hybridized carbons (Fsp3) is 0.154. The van der Waals surface area contributed by atoms with Crippen molar-refractivity contribution in [1.29, 1.82) is 0 Å². The maximum atomic E-state index is 13.3. The molecule has 0 amide bonds. The molecule has 2 heterocycles. The molecule has 3 aromatic rings. The molecule has 0 N–H and O–H groups in total. The van der Waals surface area contributed by atoms with Crippen molar-refractivity contribution in [3.63, 3.8) is 0 Å². The zero-order valence-corrected chi connectivity index (χ0v) is 12.5. The Kier molecular flexibility index (Phi) is 3.28. The lowest BCUT2D eigenvalue weighted by molar-refractivity contribution is 0.453. The molecule has 0 aliphatic carbocycles. The molecule has 0 radical (unpaired) electrons. The van der Waals surface area contributed by atoms with E-state index < -0.39 is 0 Å². The summed E-state index contributed by atoms with van der Waals surface area (Å²) in [6.07, 6.45) is 1.94. The molecule has 2 aromatic heterocycles. The Morgan fingerprint density at radius 3 is 3.11 bits per heavy atom. The second-order valence-corrected chi connectivity index (χ2v) is 5.50. The third-order valence-electron chi connectivity index (χ3n) is 2.81. The highest BCUT2D eigenvalue weighted by molar-refractivity contribution is 9.08. The minimum Gasteiger partial charge on any atom is -0.437 e. The van der Waals surface area contributed by atoms with E-state index in [2.05, 4.69) is 20.9 Å². The van der Waals surface area contributed by atoms with Crippen LogP contribution < -0.4 is 4.74 Å². The standard InChI is InChI=1S/C13H10BrFN2OS/c1-8-2-3-9(15)6-11(8)18-12-10(7-14)17-4-5-19-13(17)16-12/h2-6H,7H2,1H3. The smallest absolute Gasteiger partial charge is 0.243 e. The van der Waals surface area contributed by atoms with Gasteiger partial charge in [0.05, 0.1) is 5.69 Å². The lowest BCUT2D eigenvalue weighted by Crippen LogP contribution is -1.93. The van der Waals surface area contributed by atoms with Crippen LogP contribution in [-0.2, 0) is 5.33 Å². The number of thiazole rings is 1. The van der Waals surface area contributed by atoms with E-state index in [1.807, 2.05) is 22.9 Å². The summed E-state index contributed by atoms with van der Waals surface area (Å²) in [4.78, 5) is 5.28. The molecule has 6 heteroatoms. The van der Waals surface area contributed by atoms with Crippen LogP contribution in [0.5, 0.6) is 11.6 Å². The molecule has 0 fully saturated rings. The number of ether oxygens (including phenoxy) is 1. The molecular weight excluding hydrogens is 331 g/mol. The van der Waals surface area contributed by atoms with E-state index in [0.717, 1.165) is 16.2 Å². The van der Waals surface area contributed by atoms with Gasteiger partial charge in [-0.25, -0.2) is 4.39 Å². The zero-order valence-electron chi connectivity index (χ0n) is 10.1. The van der Waals surface area contributed by atoms with Gasteiger partial charge in [-0.3, -0.25) is 4.40 Å². The van der Waals surface area contributed by atoms with E-state index in [1.165, 1.54) is 23.5 Å². The number of hydrogen-bond acceptors (Lipinski definition) is 3. The number of halogens is 2. The average molecular weight is 341 g/mol. The van der Waals surface area contributed by atoms with Crippen molar-refractivity contribution in [3.05, 3.63) is 46.9 Å². The summed E-state index contributed by atoms with van der Waals surface area (Å²) in [6, 6.07) is 4.48. The first-order valence-electron chi connectivity index (χ1n) is 5.63. The highest BCUT2D eigenvalue weighted by Gasteiger charge is 2.15. The van der Waals surface area contributed by atoms with Crippen LogP contribution in [0.15, 0.2) is 29.8 Å². The molecule has 3 rings (SSSR count). The number of nitrogens with zero attached hydrogens (tertiary/aromatic N) is 2. The second-order valence-electron chi connectivity index (χ2n) is 4.06. The number of hydrogen-bond donors (Lipinski definition) is 0. The van der Waals surface area contributed by atoms with Crippen LogP contribution >= 0.6 is 27.3 Å². The third kappa shape index (κ3) is 2.26. The summed E-state index contributed by atoms with van der Waals surface area (Å²) in [5.74, 6) is 0.687. The first kappa shape index (κ1) is 12.6. The van der Waals surface area contributed by atoms with Crippen molar-refractivity contribution < 1.29 is 9.13 Å². The van der Waals surface area contributed by atoms with E-state index in [0.29, 0.717) is 17.0 Å². The summed E-state index contributed by atoms with van der Waals surface area (Å²) in [5, 5.41) is 2.58. The number of imidazole rings is 1. The molecule has 0 saturated carbocycles. The van der Waals surface area contributed by atoms with Crippen LogP contribution in [-0.4, -0.2) is 9.38 Å². The Hall–Kier alpha value is -1.40. The number of alkyl halides is 1. The SMILES string of the molecule is Cc1ccc(F)cc1Oc1nc2sccn2c1CBr. The van der Waals surface area contributed by atoms with Crippen molar-refractivity contribution >= 4 is 32.2 Å². The minimum absolute atomic E-state index is 0.318. The molecule has 0 aliphatic heterocycles. The Bertz CT molecular complexity index is 737. The Morgan fingerprint density at radius 2 is 2.32 bits per heavy atom. The van der Waals surface area contributed by atoms with E-state index in [-0.39, 0.29) is 5.82 Å². The molecule has 0 saturated heterocycles. The second kappa shape index (κ2) is 4.94. The first-order chi connectivity index (χ1) is 9.19. The van der Waals surface area contributed by atoms with Crippen LogP contribution in [0.2, 0.25) is 0 Å². The highest BCUT2D eigenvalue weighted by Crippen LogP contribution is 2.31. The van der Waals surface area contributed by atoms with Gasteiger partial charge in [-0.15, -0.1) is 11.3 Å². The summed E-state index contributed by atoms with van der Waals surface area (Å²) < 4.78 is 21.0. The monoisotopic (exact) mass is 340 g/mol. The topological polar surface area (TPSA) is 26.5 Å². The van der Waals surface area contributed by atoms with Gasteiger partial charge in [0.2, 0.25) is 5.88 Å². The van der Waals surface area contributed by atoms with Gasteiger partial charge in [0.15, 0.2) is 4.96 Å². The summed E-state index contributed by atoms with van der Waals surface area (Å²) >= 11 is 4.96. The summed E-state index contributed by atoms with van der Waals surface area (Å²) in [7, 11) is 0. The number of aryl methyl sites for hydroxylation is 1. The van der Waals surface area contributed by atoms with E-state index in [9.17, 15) is 4.39 Å². The molecule has 0 aliphatic rings. The van der Waals surface area contributed by atoms with Crippen LogP contribution in [0.4, 0.5) is 4.39 Å². The summed E-state index contributed by atoms with van der Waals surface area (Å²) in [6.45, 7) is 1.88. The van der Waals surface area contributed by atoms with E-state index in [1.54, 1.807) is 6.07 Å². The van der Waals surface area contributed by atoms with Crippen molar-refractivity contribution in [1.82, 2.24) is 9.38 Å². The maximum Gasteiger partial charge on any atom is 0.243 e.